The Balaban J connectivity index is 1.56. The lowest BCUT2D eigenvalue weighted by atomic mass is 9.98. The van der Waals surface area contributed by atoms with Crippen LogP contribution in [0.3, 0.4) is 0 Å². The van der Waals surface area contributed by atoms with Gasteiger partial charge in [0, 0.05) is 30.7 Å². The van der Waals surface area contributed by atoms with Gasteiger partial charge in [-0.1, -0.05) is 29.8 Å². The van der Waals surface area contributed by atoms with Crippen LogP contribution in [-0.2, 0) is 0 Å². The van der Waals surface area contributed by atoms with Crippen LogP contribution >= 0.6 is 0 Å². The Kier molecular flexibility index (Phi) is 6.21. The molecule has 27 heavy (non-hydrogen) atoms. The van der Waals surface area contributed by atoms with E-state index in [2.05, 4.69) is 34.4 Å². The van der Waals surface area contributed by atoms with Crippen LogP contribution in [0.5, 0.6) is 0 Å². The topological polar surface area (TPSA) is 63.1 Å². The van der Waals surface area contributed by atoms with E-state index < -0.39 is 0 Å². The maximum Gasteiger partial charge on any atom is 0.273 e. The molecule has 0 saturated carbocycles. The molecule has 0 aliphatic carbocycles. The molecule has 6 nitrogen and oxygen atoms in total. The Morgan fingerprint density at radius 1 is 1.30 bits per heavy atom. The van der Waals surface area contributed by atoms with E-state index in [9.17, 15) is 9.18 Å². The Hall–Kier alpha value is -2.28. The third-order valence-electron chi connectivity index (χ3n) is 5.53. The molecule has 1 aliphatic heterocycles. The largest absolute Gasteiger partial charge is 0.349 e. The van der Waals surface area contributed by atoms with E-state index in [1.165, 1.54) is 30.0 Å². The molecule has 3 rings (SSSR count). The summed E-state index contributed by atoms with van der Waals surface area (Å²) in [6.07, 6.45) is 5.26. The van der Waals surface area contributed by atoms with Crippen LogP contribution < -0.4 is 5.32 Å². The number of benzene rings is 1. The zero-order chi connectivity index (χ0) is 19.4. The zero-order valence-electron chi connectivity index (χ0n) is 16.2. The van der Waals surface area contributed by atoms with Crippen molar-refractivity contribution in [1.82, 2.24) is 25.2 Å². The van der Waals surface area contributed by atoms with Crippen molar-refractivity contribution < 1.29 is 9.18 Å². The first kappa shape index (κ1) is 19.5. The molecule has 3 atom stereocenters. The Morgan fingerprint density at radius 3 is 2.70 bits per heavy atom. The van der Waals surface area contributed by atoms with Crippen molar-refractivity contribution >= 4 is 5.91 Å². The summed E-state index contributed by atoms with van der Waals surface area (Å²) in [5.41, 5.74) is 0.764. The van der Waals surface area contributed by atoms with Crippen LogP contribution in [0.2, 0.25) is 0 Å². The molecule has 1 aromatic carbocycles. The highest BCUT2D eigenvalue weighted by atomic mass is 19.1. The van der Waals surface area contributed by atoms with E-state index in [-0.39, 0.29) is 23.5 Å². The van der Waals surface area contributed by atoms with Crippen molar-refractivity contribution in [3.8, 4) is 0 Å². The van der Waals surface area contributed by atoms with Gasteiger partial charge in [0.1, 0.15) is 5.82 Å². The number of piperidine rings is 1. The van der Waals surface area contributed by atoms with Gasteiger partial charge in [-0.2, -0.15) is 0 Å². The fourth-order valence-electron chi connectivity index (χ4n) is 3.83. The first-order valence-electron chi connectivity index (χ1n) is 9.67. The van der Waals surface area contributed by atoms with E-state index in [0.717, 1.165) is 6.54 Å². The minimum Gasteiger partial charge on any atom is -0.349 e. The standard InChI is InChI=1S/C20H28FN5O/c1-14-7-6-8-15(2)25(14)12-11-22-20(27)19-13-26(24-23-19)16(3)17-9-4-5-10-18(17)21/h4-5,9-10,13-16H,6-8,11-12H2,1-3H3,(H,22,27). The molecule has 0 radical (unpaired) electrons. The lowest BCUT2D eigenvalue weighted by Gasteiger charge is -2.38. The van der Waals surface area contributed by atoms with E-state index in [4.69, 9.17) is 0 Å². The smallest absolute Gasteiger partial charge is 0.273 e. The minimum absolute atomic E-state index is 0.248. The number of rotatable bonds is 6. The van der Waals surface area contributed by atoms with Gasteiger partial charge in [0.2, 0.25) is 0 Å². The molecule has 1 amide bonds. The molecule has 146 valence electrons. The van der Waals surface area contributed by atoms with Gasteiger partial charge in [-0.05, 0) is 39.7 Å². The highest BCUT2D eigenvalue weighted by molar-refractivity contribution is 5.91. The number of halogens is 1. The summed E-state index contributed by atoms with van der Waals surface area (Å²) in [4.78, 5) is 14.8. The molecular weight excluding hydrogens is 345 g/mol. The highest BCUT2D eigenvalue weighted by Crippen LogP contribution is 2.22. The lowest BCUT2D eigenvalue weighted by Crippen LogP contribution is -2.47. The summed E-state index contributed by atoms with van der Waals surface area (Å²) < 4.78 is 15.5. The molecule has 7 heteroatoms. The SMILES string of the molecule is CC1CCCC(C)N1CCNC(=O)c1cn(C(C)c2ccccc2F)nn1. The number of amides is 1. The van der Waals surface area contributed by atoms with Crippen molar-refractivity contribution in [3.63, 3.8) is 0 Å². The Labute approximate surface area is 159 Å². The third-order valence-corrected chi connectivity index (χ3v) is 5.53. The predicted octanol–water partition coefficient (Wildman–Crippen LogP) is 3.02. The van der Waals surface area contributed by atoms with E-state index in [1.54, 1.807) is 24.4 Å². The number of carbonyl (C=O) groups excluding carboxylic acids is 1. The summed E-state index contributed by atoms with van der Waals surface area (Å²) in [5.74, 6) is -0.546. The average molecular weight is 373 g/mol. The molecule has 0 bridgehead atoms. The Bertz CT molecular complexity index is 767. The van der Waals surface area contributed by atoms with Crippen LogP contribution in [0, 0.1) is 5.82 Å². The summed E-state index contributed by atoms with van der Waals surface area (Å²) in [6, 6.07) is 7.32. The van der Waals surface area contributed by atoms with Gasteiger partial charge in [0.05, 0.1) is 12.2 Å². The maximum absolute atomic E-state index is 14.0. The van der Waals surface area contributed by atoms with E-state index in [1.807, 2.05) is 6.92 Å². The zero-order valence-corrected chi connectivity index (χ0v) is 16.2. The molecule has 1 aliphatic rings. The third kappa shape index (κ3) is 4.53. The minimum atomic E-state index is -0.338. The van der Waals surface area contributed by atoms with Gasteiger partial charge in [0.25, 0.3) is 5.91 Å². The van der Waals surface area contributed by atoms with Crippen LogP contribution in [-0.4, -0.2) is 51.0 Å². The number of likely N-dealkylation sites (tertiary alicyclic amines) is 1. The van der Waals surface area contributed by atoms with Crippen LogP contribution in [0.1, 0.15) is 62.1 Å². The lowest BCUT2D eigenvalue weighted by molar-refractivity contribution is 0.0885. The second-order valence-electron chi connectivity index (χ2n) is 7.40. The molecule has 2 aromatic rings. The van der Waals surface area contributed by atoms with E-state index >= 15 is 0 Å². The van der Waals surface area contributed by atoms with Crippen LogP contribution in [0.4, 0.5) is 4.39 Å². The van der Waals surface area contributed by atoms with E-state index in [0.29, 0.717) is 24.2 Å². The number of hydrogen-bond acceptors (Lipinski definition) is 4. The molecule has 1 saturated heterocycles. The summed E-state index contributed by atoms with van der Waals surface area (Å²) in [6.45, 7) is 7.71. The van der Waals surface area contributed by atoms with Gasteiger partial charge < -0.3 is 5.32 Å². The molecule has 3 unspecified atom stereocenters. The van der Waals surface area contributed by atoms with Gasteiger partial charge in [0.15, 0.2) is 5.69 Å². The van der Waals surface area contributed by atoms with Gasteiger partial charge in [-0.25, -0.2) is 9.07 Å². The fraction of sp³-hybridized carbons (Fsp3) is 0.550. The monoisotopic (exact) mass is 373 g/mol. The molecule has 1 fully saturated rings. The van der Waals surface area contributed by atoms with Crippen molar-refractivity contribution in [3.05, 3.63) is 47.5 Å². The molecule has 2 heterocycles. The van der Waals surface area contributed by atoms with Gasteiger partial charge in [-0.3, -0.25) is 9.69 Å². The molecule has 0 spiro atoms. The number of aromatic nitrogens is 3. The van der Waals surface area contributed by atoms with Crippen molar-refractivity contribution in [1.29, 1.82) is 0 Å². The maximum atomic E-state index is 14.0. The summed E-state index contributed by atoms with van der Waals surface area (Å²) in [7, 11) is 0. The average Bonchev–Trinajstić information content (AvgIpc) is 3.14. The quantitative estimate of drug-likeness (QED) is 0.845. The summed E-state index contributed by atoms with van der Waals surface area (Å²) >= 11 is 0. The molecular formula is C20H28FN5O. The first-order valence-corrected chi connectivity index (χ1v) is 9.67. The van der Waals surface area contributed by atoms with Crippen molar-refractivity contribution in [2.45, 2.75) is 58.2 Å². The van der Waals surface area contributed by atoms with Crippen molar-refractivity contribution in [2.24, 2.45) is 0 Å². The fourth-order valence-corrected chi connectivity index (χ4v) is 3.83. The second-order valence-corrected chi connectivity index (χ2v) is 7.40. The number of carbonyl (C=O) groups is 1. The second kappa shape index (κ2) is 8.61. The van der Waals surface area contributed by atoms with Crippen molar-refractivity contribution in [2.75, 3.05) is 13.1 Å². The molecule has 1 N–H and O–H groups in total. The Morgan fingerprint density at radius 2 is 2.00 bits per heavy atom. The number of nitrogens with zero attached hydrogens (tertiary/aromatic N) is 4. The first-order chi connectivity index (χ1) is 13.0. The normalized spacial score (nSPS) is 21.8. The van der Waals surface area contributed by atoms with Crippen LogP contribution in [0.25, 0.3) is 0 Å². The molecule has 1 aromatic heterocycles. The van der Waals surface area contributed by atoms with Gasteiger partial charge in [-0.15, -0.1) is 5.10 Å². The predicted molar refractivity (Wildman–Crippen MR) is 102 cm³/mol. The number of hydrogen-bond donors (Lipinski definition) is 1. The number of nitrogens with one attached hydrogen (secondary N) is 1. The van der Waals surface area contributed by atoms with Crippen LogP contribution in [0.15, 0.2) is 30.5 Å². The highest BCUT2D eigenvalue weighted by Gasteiger charge is 2.24. The summed E-state index contributed by atoms with van der Waals surface area (Å²) in [5, 5.41) is 10.9. The van der Waals surface area contributed by atoms with Gasteiger partial charge >= 0.3 is 0 Å².